The molecule has 0 unspecified atom stereocenters. The Bertz CT molecular complexity index is 668. The maximum atomic E-state index is 12.9. The van der Waals surface area contributed by atoms with Crippen LogP contribution in [0, 0.1) is 0 Å². The number of ether oxygens (including phenoxy) is 1. The fourth-order valence-corrected chi connectivity index (χ4v) is 5.14. The summed E-state index contributed by atoms with van der Waals surface area (Å²) in [6, 6.07) is 3.74. The van der Waals surface area contributed by atoms with Gasteiger partial charge in [0.25, 0.3) is 0 Å². The van der Waals surface area contributed by atoms with E-state index in [1.165, 1.54) is 6.07 Å². The van der Waals surface area contributed by atoms with Crippen LogP contribution in [-0.2, 0) is 16.4 Å². The summed E-state index contributed by atoms with van der Waals surface area (Å²) in [7, 11) is 0.515. The van der Waals surface area contributed by atoms with Gasteiger partial charge in [0, 0.05) is 36.1 Å². The zero-order chi connectivity index (χ0) is 15.9. The molecule has 0 aromatic heterocycles. The standard InChI is InChI=1S/C15H21ClN2O3S/c1-17(2)13-3-6-18(7-4-13)22(19,20)14-10-12(16)9-11-5-8-21-15(11)14/h9-10,13H,3-8H2,1-2H3. The summed E-state index contributed by atoms with van der Waals surface area (Å²) >= 11 is 6.09. The van der Waals surface area contributed by atoms with Crippen LogP contribution >= 0.6 is 11.6 Å². The van der Waals surface area contributed by atoms with Crippen LogP contribution in [0.3, 0.4) is 0 Å². The molecule has 1 aromatic carbocycles. The molecule has 0 spiro atoms. The Morgan fingerprint density at radius 1 is 1.27 bits per heavy atom. The van der Waals surface area contributed by atoms with E-state index in [1.807, 2.05) is 14.1 Å². The van der Waals surface area contributed by atoms with Crippen molar-refractivity contribution in [1.29, 1.82) is 0 Å². The first-order valence-corrected chi connectivity index (χ1v) is 9.33. The normalized spacial score (nSPS) is 20.2. The molecule has 1 fully saturated rings. The number of benzene rings is 1. The summed E-state index contributed by atoms with van der Waals surface area (Å²) in [5.74, 6) is 0.485. The van der Waals surface area contributed by atoms with E-state index in [0.717, 1.165) is 18.4 Å². The van der Waals surface area contributed by atoms with Gasteiger partial charge in [0.1, 0.15) is 10.6 Å². The van der Waals surface area contributed by atoms with Gasteiger partial charge in [-0.2, -0.15) is 4.31 Å². The Morgan fingerprint density at radius 2 is 1.95 bits per heavy atom. The first-order valence-electron chi connectivity index (χ1n) is 7.51. The summed E-state index contributed by atoms with van der Waals surface area (Å²) in [4.78, 5) is 2.38. The molecule has 0 amide bonds. The molecule has 0 radical (unpaired) electrons. The number of nitrogens with zero attached hydrogens (tertiary/aromatic N) is 2. The van der Waals surface area contributed by atoms with Crippen LogP contribution in [-0.4, -0.2) is 57.5 Å². The van der Waals surface area contributed by atoms with Crippen molar-refractivity contribution in [3.63, 3.8) is 0 Å². The molecule has 3 rings (SSSR count). The zero-order valence-electron chi connectivity index (χ0n) is 12.9. The van der Waals surface area contributed by atoms with Gasteiger partial charge in [-0.3, -0.25) is 0 Å². The van der Waals surface area contributed by atoms with Crippen molar-refractivity contribution < 1.29 is 13.2 Å². The highest BCUT2D eigenvalue weighted by Gasteiger charge is 2.34. The van der Waals surface area contributed by atoms with Crippen molar-refractivity contribution in [2.24, 2.45) is 0 Å². The highest BCUT2D eigenvalue weighted by atomic mass is 35.5. The molecule has 22 heavy (non-hydrogen) atoms. The average Bonchev–Trinajstić information content (AvgIpc) is 2.94. The monoisotopic (exact) mass is 344 g/mol. The largest absolute Gasteiger partial charge is 0.492 e. The van der Waals surface area contributed by atoms with Gasteiger partial charge in [-0.05, 0) is 39.1 Å². The lowest BCUT2D eigenvalue weighted by atomic mass is 10.1. The van der Waals surface area contributed by atoms with Crippen molar-refractivity contribution in [2.75, 3.05) is 33.8 Å². The third-order valence-corrected chi connectivity index (χ3v) is 6.61. The molecule has 1 aromatic rings. The molecule has 1 saturated heterocycles. The molecular formula is C15H21ClN2O3S. The second-order valence-corrected chi connectivity index (χ2v) is 8.43. The number of fused-ring (bicyclic) bond motifs is 1. The Hall–Kier alpha value is -0.820. The number of rotatable bonds is 3. The van der Waals surface area contributed by atoms with E-state index in [1.54, 1.807) is 10.4 Å². The van der Waals surface area contributed by atoms with Crippen LogP contribution in [0.15, 0.2) is 17.0 Å². The van der Waals surface area contributed by atoms with Crippen LogP contribution < -0.4 is 4.74 Å². The smallest absolute Gasteiger partial charge is 0.246 e. The number of hydrogen-bond acceptors (Lipinski definition) is 4. The Kier molecular flexibility index (Phi) is 4.38. The van der Waals surface area contributed by atoms with Crippen molar-refractivity contribution >= 4 is 21.6 Å². The third-order valence-electron chi connectivity index (χ3n) is 4.49. The molecule has 7 heteroatoms. The van der Waals surface area contributed by atoms with E-state index in [-0.39, 0.29) is 4.90 Å². The van der Waals surface area contributed by atoms with Gasteiger partial charge in [-0.25, -0.2) is 8.42 Å². The Balaban J connectivity index is 1.89. The lowest BCUT2D eigenvalue weighted by molar-refractivity contribution is 0.196. The Morgan fingerprint density at radius 3 is 2.59 bits per heavy atom. The predicted molar refractivity (Wildman–Crippen MR) is 86.1 cm³/mol. The van der Waals surface area contributed by atoms with Gasteiger partial charge in [0.15, 0.2) is 0 Å². The molecular weight excluding hydrogens is 324 g/mol. The molecule has 5 nitrogen and oxygen atoms in total. The van der Waals surface area contributed by atoms with Crippen molar-refractivity contribution in [1.82, 2.24) is 9.21 Å². The average molecular weight is 345 g/mol. The molecule has 2 aliphatic heterocycles. The minimum absolute atomic E-state index is 0.218. The second-order valence-electron chi connectivity index (χ2n) is 6.09. The lowest BCUT2D eigenvalue weighted by Gasteiger charge is -2.34. The molecule has 0 saturated carbocycles. The minimum Gasteiger partial charge on any atom is -0.492 e. The molecule has 0 bridgehead atoms. The van der Waals surface area contributed by atoms with Gasteiger partial charge >= 0.3 is 0 Å². The molecule has 2 heterocycles. The van der Waals surface area contributed by atoms with Gasteiger partial charge in [-0.15, -0.1) is 0 Å². The fourth-order valence-electron chi connectivity index (χ4n) is 3.16. The van der Waals surface area contributed by atoms with E-state index < -0.39 is 10.0 Å². The van der Waals surface area contributed by atoms with Crippen LogP contribution in [0.25, 0.3) is 0 Å². The van der Waals surface area contributed by atoms with Crippen molar-refractivity contribution in [3.8, 4) is 5.75 Å². The van der Waals surface area contributed by atoms with Crippen LogP contribution in [0.5, 0.6) is 5.75 Å². The molecule has 0 aliphatic carbocycles. The Labute approximate surface area is 136 Å². The summed E-state index contributed by atoms with van der Waals surface area (Å²) in [6.45, 7) is 1.58. The van der Waals surface area contributed by atoms with Gasteiger partial charge in [0.05, 0.1) is 6.61 Å². The van der Waals surface area contributed by atoms with Crippen LogP contribution in [0.4, 0.5) is 0 Å². The SMILES string of the molecule is CN(C)C1CCN(S(=O)(=O)c2cc(Cl)cc3c2OCC3)CC1. The fraction of sp³-hybridized carbons (Fsp3) is 0.600. The second kappa shape index (κ2) is 6.00. The first kappa shape index (κ1) is 16.1. The number of halogens is 1. The van der Waals surface area contributed by atoms with Crippen LogP contribution in [0.2, 0.25) is 5.02 Å². The van der Waals surface area contributed by atoms with Gasteiger partial charge < -0.3 is 9.64 Å². The van der Waals surface area contributed by atoms with Gasteiger partial charge in [-0.1, -0.05) is 11.6 Å². The number of piperidine rings is 1. The summed E-state index contributed by atoms with van der Waals surface area (Å²) in [5, 5.41) is 0.450. The summed E-state index contributed by atoms with van der Waals surface area (Å²) in [6.07, 6.45) is 2.40. The number of hydrogen-bond donors (Lipinski definition) is 0. The summed E-state index contributed by atoms with van der Waals surface area (Å²) in [5.41, 5.74) is 0.884. The summed E-state index contributed by atoms with van der Waals surface area (Å²) < 4.78 is 33.0. The molecule has 0 N–H and O–H groups in total. The maximum absolute atomic E-state index is 12.9. The molecule has 2 aliphatic rings. The van der Waals surface area contributed by atoms with E-state index in [9.17, 15) is 8.42 Å². The topological polar surface area (TPSA) is 49.9 Å². The van der Waals surface area contributed by atoms with E-state index in [2.05, 4.69) is 4.90 Å². The van der Waals surface area contributed by atoms with E-state index in [4.69, 9.17) is 16.3 Å². The molecule has 0 atom stereocenters. The highest BCUT2D eigenvalue weighted by Crippen LogP contribution is 2.37. The zero-order valence-corrected chi connectivity index (χ0v) is 14.5. The lowest BCUT2D eigenvalue weighted by Crippen LogP contribution is -2.44. The first-order chi connectivity index (χ1) is 10.4. The third kappa shape index (κ3) is 2.85. The minimum atomic E-state index is -3.55. The predicted octanol–water partition coefficient (Wildman–Crippen LogP) is 1.99. The van der Waals surface area contributed by atoms with Crippen molar-refractivity contribution in [3.05, 3.63) is 22.7 Å². The quantitative estimate of drug-likeness (QED) is 0.841. The number of sulfonamides is 1. The van der Waals surface area contributed by atoms with E-state index >= 15 is 0 Å². The van der Waals surface area contributed by atoms with Crippen molar-refractivity contribution in [2.45, 2.75) is 30.2 Å². The van der Waals surface area contributed by atoms with E-state index in [0.29, 0.717) is 42.9 Å². The molecule has 122 valence electrons. The highest BCUT2D eigenvalue weighted by molar-refractivity contribution is 7.89. The maximum Gasteiger partial charge on any atom is 0.246 e. The van der Waals surface area contributed by atoms with Crippen LogP contribution in [0.1, 0.15) is 18.4 Å². The van der Waals surface area contributed by atoms with Gasteiger partial charge in [0.2, 0.25) is 10.0 Å².